The molecule has 1 atom stereocenters. The number of hydrogen-bond acceptors (Lipinski definition) is 5. The second-order valence-corrected chi connectivity index (χ2v) is 5.93. The molecule has 0 saturated carbocycles. The van der Waals surface area contributed by atoms with Gasteiger partial charge in [-0.2, -0.15) is 4.98 Å². The van der Waals surface area contributed by atoms with Crippen LogP contribution < -0.4 is 15.8 Å². The van der Waals surface area contributed by atoms with E-state index in [0.717, 1.165) is 11.1 Å². The van der Waals surface area contributed by atoms with Crippen molar-refractivity contribution in [2.45, 2.75) is 19.4 Å². The largest absolute Gasteiger partial charge is 0.493 e. The summed E-state index contributed by atoms with van der Waals surface area (Å²) in [5.74, 6) is 1.23. The van der Waals surface area contributed by atoms with Crippen LogP contribution in [-0.2, 0) is 6.42 Å². The lowest BCUT2D eigenvalue weighted by Gasteiger charge is -2.15. The van der Waals surface area contributed by atoms with Crippen molar-refractivity contribution in [3.05, 3.63) is 77.7 Å². The Morgan fingerprint density at radius 1 is 1.12 bits per heavy atom. The first kappa shape index (κ1) is 17.7. The van der Waals surface area contributed by atoms with Crippen LogP contribution in [0.3, 0.4) is 0 Å². The van der Waals surface area contributed by atoms with Gasteiger partial charge in [0, 0.05) is 18.2 Å². The van der Waals surface area contributed by atoms with Gasteiger partial charge >= 0.3 is 0 Å². The number of nitrogens with two attached hydrogens (primary N) is 1. The Hall–Kier alpha value is -3.15. The maximum Gasteiger partial charge on any atom is 0.225 e. The van der Waals surface area contributed by atoms with E-state index in [4.69, 9.17) is 10.5 Å². The highest BCUT2D eigenvalue weighted by Crippen LogP contribution is 2.18. The number of nitrogens with one attached hydrogen (secondary N) is 1. The molecule has 26 heavy (non-hydrogen) atoms. The molecule has 2 aromatic carbocycles. The molecular formula is C20H21FN4O. The first-order chi connectivity index (χ1) is 12.6. The second-order valence-electron chi connectivity index (χ2n) is 5.93. The van der Waals surface area contributed by atoms with Gasteiger partial charge in [-0.25, -0.2) is 9.37 Å². The summed E-state index contributed by atoms with van der Waals surface area (Å²) in [6.07, 6.45) is 2.27. The average Bonchev–Trinajstić information content (AvgIpc) is 2.66. The standard InChI is InChI=1S/C20H21FN4O/c1-14(15-5-3-2-4-6-15)24-20-23-13-16(19(22)25-20)11-12-26-18-9-7-17(21)8-10-18/h2-10,13-14H,11-12H2,1H3,(H3,22,23,24,25). The third-order valence-electron chi connectivity index (χ3n) is 4.00. The molecule has 3 rings (SSSR count). The van der Waals surface area contributed by atoms with Gasteiger partial charge in [-0.05, 0) is 36.8 Å². The van der Waals surface area contributed by atoms with E-state index in [0.29, 0.717) is 30.5 Å². The third kappa shape index (κ3) is 4.69. The number of nitrogen functional groups attached to an aromatic ring is 1. The van der Waals surface area contributed by atoms with E-state index in [1.165, 1.54) is 12.1 Å². The average molecular weight is 352 g/mol. The molecule has 134 valence electrons. The number of nitrogens with zero attached hydrogens (tertiary/aromatic N) is 2. The number of anilines is 2. The number of halogens is 1. The van der Waals surface area contributed by atoms with Gasteiger partial charge in [0.15, 0.2) is 0 Å². The summed E-state index contributed by atoms with van der Waals surface area (Å²) in [6, 6.07) is 16.0. The van der Waals surface area contributed by atoms with Gasteiger partial charge in [-0.3, -0.25) is 0 Å². The maximum atomic E-state index is 12.9. The van der Waals surface area contributed by atoms with E-state index in [1.54, 1.807) is 18.3 Å². The molecule has 0 fully saturated rings. The van der Waals surface area contributed by atoms with Crippen LogP contribution in [0.1, 0.15) is 24.1 Å². The summed E-state index contributed by atoms with van der Waals surface area (Å²) in [5, 5.41) is 3.24. The van der Waals surface area contributed by atoms with Crippen LogP contribution in [0.2, 0.25) is 0 Å². The Labute approximate surface area is 152 Å². The van der Waals surface area contributed by atoms with Crippen LogP contribution >= 0.6 is 0 Å². The lowest BCUT2D eigenvalue weighted by Crippen LogP contribution is -2.12. The summed E-state index contributed by atoms with van der Waals surface area (Å²) >= 11 is 0. The zero-order valence-corrected chi connectivity index (χ0v) is 14.5. The third-order valence-corrected chi connectivity index (χ3v) is 4.00. The minimum atomic E-state index is -0.289. The van der Waals surface area contributed by atoms with Crippen molar-refractivity contribution in [2.75, 3.05) is 17.7 Å². The molecule has 6 heteroatoms. The highest BCUT2D eigenvalue weighted by Gasteiger charge is 2.09. The fourth-order valence-corrected chi connectivity index (χ4v) is 2.51. The normalized spacial score (nSPS) is 11.8. The topological polar surface area (TPSA) is 73.1 Å². The van der Waals surface area contributed by atoms with Gasteiger partial charge in [0.05, 0.1) is 12.6 Å². The lowest BCUT2D eigenvalue weighted by atomic mass is 10.1. The summed E-state index contributed by atoms with van der Waals surface area (Å²) in [7, 11) is 0. The molecule has 3 N–H and O–H groups in total. The number of hydrogen-bond donors (Lipinski definition) is 2. The van der Waals surface area contributed by atoms with Gasteiger partial charge in [0.25, 0.3) is 0 Å². The second kappa shape index (κ2) is 8.29. The van der Waals surface area contributed by atoms with Crippen LogP contribution in [-0.4, -0.2) is 16.6 Å². The van der Waals surface area contributed by atoms with Crippen LogP contribution in [0.5, 0.6) is 5.75 Å². The molecule has 0 saturated heterocycles. The predicted octanol–water partition coefficient (Wildman–Crippen LogP) is 3.99. The molecule has 0 radical (unpaired) electrons. The zero-order chi connectivity index (χ0) is 18.4. The Morgan fingerprint density at radius 2 is 1.85 bits per heavy atom. The quantitative estimate of drug-likeness (QED) is 0.672. The lowest BCUT2D eigenvalue weighted by molar-refractivity contribution is 0.321. The van der Waals surface area contributed by atoms with Gasteiger partial charge < -0.3 is 15.8 Å². The highest BCUT2D eigenvalue weighted by atomic mass is 19.1. The van der Waals surface area contributed by atoms with Crippen molar-refractivity contribution in [1.29, 1.82) is 0 Å². The van der Waals surface area contributed by atoms with Gasteiger partial charge in [-0.1, -0.05) is 30.3 Å². The fraction of sp³-hybridized carbons (Fsp3) is 0.200. The van der Waals surface area contributed by atoms with Crippen molar-refractivity contribution in [3.8, 4) is 5.75 Å². The van der Waals surface area contributed by atoms with Gasteiger partial charge in [0.2, 0.25) is 5.95 Å². The first-order valence-electron chi connectivity index (χ1n) is 8.43. The van der Waals surface area contributed by atoms with E-state index in [2.05, 4.69) is 15.3 Å². The molecule has 1 heterocycles. The van der Waals surface area contributed by atoms with Crippen molar-refractivity contribution in [2.24, 2.45) is 0 Å². The van der Waals surface area contributed by atoms with Crippen molar-refractivity contribution in [1.82, 2.24) is 9.97 Å². The Balaban J connectivity index is 1.56. The Bertz CT molecular complexity index is 840. The van der Waals surface area contributed by atoms with Crippen LogP contribution in [0.15, 0.2) is 60.8 Å². The SMILES string of the molecule is CC(Nc1ncc(CCOc2ccc(F)cc2)c(N)n1)c1ccccc1. The summed E-state index contributed by atoms with van der Waals surface area (Å²) in [4.78, 5) is 8.66. The monoisotopic (exact) mass is 352 g/mol. The number of ether oxygens (including phenoxy) is 1. The predicted molar refractivity (Wildman–Crippen MR) is 101 cm³/mol. The van der Waals surface area contributed by atoms with Gasteiger partial charge in [0.1, 0.15) is 17.4 Å². The fourth-order valence-electron chi connectivity index (χ4n) is 2.51. The zero-order valence-electron chi connectivity index (χ0n) is 14.5. The van der Waals surface area contributed by atoms with E-state index in [9.17, 15) is 4.39 Å². The van der Waals surface area contributed by atoms with Crippen LogP contribution in [0.25, 0.3) is 0 Å². The molecule has 1 unspecified atom stereocenters. The van der Waals surface area contributed by atoms with Gasteiger partial charge in [-0.15, -0.1) is 0 Å². The van der Waals surface area contributed by atoms with Crippen LogP contribution in [0, 0.1) is 5.82 Å². The minimum absolute atomic E-state index is 0.0725. The number of rotatable bonds is 7. The molecule has 0 aliphatic rings. The van der Waals surface area contributed by atoms with E-state index in [1.807, 2.05) is 37.3 Å². The summed E-state index contributed by atoms with van der Waals surface area (Å²) < 4.78 is 18.4. The van der Waals surface area contributed by atoms with Crippen molar-refractivity contribution < 1.29 is 9.13 Å². The molecule has 0 aliphatic heterocycles. The smallest absolute Gasteiger partial charge is 0.225 e. The molecule has 0 bridgehead atoms. The van der Waals surface area contributed by atoms with E-state index in [-0.39, 0.29) is 11.9 Å². The maximum absolute atomic E-state index is 12.9. The minimum Gasteiger partial charge on any atom is -0.493 e. The molecule has 3 aromatic rings. The summed E-state index contributed by atoms with van der Waals surface area (Å²) in [5.41, 5.74) is 7.99. The molecule has 5 nitrogen and oxygen atoms in total. The van der Waals surface area contributed by atoms with E-state index < -0.39 is 0 Å². The summed E-state index contributed by atoms with van der Waals surface area (Å²) in [6.45, 7) is 2.45. The molecule has 0 aliphatic carbocycles. The Morgan fingerprint density at radius 3 is 2.54 bits per heavy atom. The highest BCUT2D eigenvalue weighted by molar-refractivity contribution is 5.44. The molecule has 0 amide bonds. The number of aromatic nitrogens is 2. The van der Waals surface area contributed by atoms with E-state index >= 15 is 0 Å². The Kier molecular flexibility index (Phi) is 5.63. The first-order valence-corrected chi connectivity index (χ1v) is 8.43. The van der Waals surface area contributed by atoms with Crippen LogP contribution in [0.4, 0.5) is 16.2 Å². The number of benzene rings is 2. The molecule has 0 spiro atoms. The van der Waals surface area contributed by atoms with Crippen molar-refractivity contribution in [3.63, 3.8) is 0 Å². The van der Waals surface area contributed by atoms with Crippen molar-refractivity contribution >= 4 is 11.8 Å². The molecular weight excluding hydrogens is 331 g/mol. The molecule has 1 aromatic heterocycles.